The first-order valence-electron chi connectivity index (χ1n) is 20.7. The van der Waals surface area contributed by atoms with Crippen molar-refractivity contribution in [2.24, 2.45) is 5.73 Å². The van der Waals surface area contributed by atoms with Gasteiger partial charge >= 0.3 is 13.8 Å². The van der Waals surface area contributed by atoms with E-state index in [1.807, 2.05) is 12.2 Å². The molecular weight excluding hydrogens is 705 g/mol. The number of esters is 1. The topological polar surface area (TPSA) is 158 Å². The number of aliphatic hydroxyl groups is 2. The molecule has 11 heteroatoms. The summed E-state index contributed by atoms with van der Waals surface area (Å²) in [5.74, 6) is -0.480. The van der Waals surface area contributed by atoms with Gasteiger partial charge in [0.15, 0.2) is 6.10 Å². The van der Waals surface area contributed by atoms with Crippen LogP contribution in [0.4, 0.5) is 0 Å². The molecule has 4 atom stereocenters. The SMILES string of the molecule is CCCCC/C=C\C[C@@H](O)/C=C/C=C/C=C\[C@@H](O)CCCC(=O)OC[C@H](COP(=O)(O)OCCN)O/C=C/CCCCCC/C=C\CCCCCCCC. The average Bonchev–Trinajstić information content (AvgIpc) is 3.15. The monoisotopic (exact) mass is 782 g/mol. The summed E-state index contributed by atoms with van der Waals surface area (Å²) in [6.45, 7) is 3.83. The molecule has 0 aliphatic carbocycles. The van der Waals surface area contributed by atoms with Gasteiger partial charge in [-0.05, 0) is 76.7 Å². The lowest BCUT2D eigenvalue weighted by Crippen LogP contribution is -2.25. The van der Waals surface area contributed by atoms with E-state index in [-0.39, 0.29) is 32.8 Å². The van der Waals surface area contributed by atoms with Crippen LogP contribution in [0.1, 0.15) is 149 Å². The van der Waals surface area contributed by atoms with Gasteiger partial charge in [-0.25, -0.2) is 4.57 Å². The largest absolute Gasteiger partial charge is 0.492 e. The maximum atomic E-state index is 12.4. The van der Waals surface area contributed by atoms with Crippen LogP contribution in [0.15, 0.2) is 73.1 Å². The van der Waals surface area contributed by atoms with Gasteiger partial charge in [-0.1, -0.05) is 132 Å². The molecular formula is C43H76NO9P. The van der Waals surface area contributed by atoms with Crippen LogP contribution < -0.4 is 5.73 Å². The third-order valence-electron chi connectivity index (χ3n) is 8.38. The average molecular weight is 782 g/mol. The number of aliphatic hydroxyl groups excluding tert-OH is 2. The lowest BCUT2D eigenvalue weighted by atomic mass is 10.1. The second-order valence-electron chi connectivity index (χ2n) is 13.6. The molecule has 0 rings (SSSR count). The first-order valence-corrected chi connectivity index (χ1v) is 22.2. The Bertz CT molecular complexity index is 1090. The van der Waals surface area contributed by atoms with Crippen LogP contribution in [-0.4, -0.2) is 65.8 Å². The van der Waals surface area contributed by atoms with Crippen LogP contribution >= 0.6 is 7.82 Å². The molecule has 0 aromatic heterocycles. The Morgan fingerprint density at radius 3 is 1.83 bits per heavy atom. The van der Waals surface area contributed by atoms with Crippen LogP contribution in [0, 0.1) is 0 Å². The molecule has 0 bridgehead atoms. The van der Waals surface area contributed by atoms with Gasteiger partial charge in [-0.15, -0.1) is 0 Å². The first-order chi connectivity index (χ1) is 26.2. The number of carbonyl (C=O) groups excluding carboxylic acids is 1. The summed E-state index contributed by atoms with van der Waals surface area (Å²) in [5, 5.41) is 20.2. The maximum Gasteiger partial charge on any atom is 0.472 e. The molecule has 0 radical (unpaired) electrons. The summed E-state index contributed by atoms with van der Waals surface area (Å²) < 4.78 is 33.0. The molecule has 1 unspecified atom stereocenters. The number of rotatable bonds is 38. The van der Waals surface area contributed by atoms with Gasteiger partial charge in [0.2, 0.25) is 0 Å². The molecule has 10 nitrogen and oxygen atoms in total. The van der Waals surface area contributed by atoms with Crippen molar-refractivity contribution in [2.75, 3.05) is 26.4 Å². The van der Waals surface area contributed by atoms with Crippen LogP contribution in [0.5, 0.6) is 0 Å². The minimum atomic E-state index is -4.33. The quantitative estimate of drug-likeness (QED) is 0.0119. The summed E-state index contributed by atoms with van der Waals surface area (Å²) in [4.78, 5) is 22.3. The van der Waals surface area contributed by atoms with E-state index in [0.29, 0.717) is 19.3 Å². The summed E-state index contributed by atoms with van der Waals surface area (Å²) in [6, 6.07) is 0. The fourth-order valence-corrected chi connectivity index (χ4v) is 5.93. The Balaban J connectivity index is 4.41. The van der Waals surface area contributed by atoms with Crippen LogP contribution in [0.3, 0.4) is 0 Å². The molecule has 0 heterocycles. The molecule has 0 spiro atoms. The van der Waals surface area contributed by atoms with E-state index in [0.717, 1.165) is 32.1 Å². The zero-order chi connectivity index (χ0) is 39.8. The number of nitrogens with two attached hydrogens (primary N) is 1. The molecule has 312 valence electrons. The van der Waals surface area contributed by atoms with Gasteiger partial charge in [0, 0.05) is 13.0 Å². The first kappa shape index (κ1) is 51.7. The minimum Gasteiger partial charge on any atom is -0.492 e. The van der Waals surface area contributed by atoms with E-state index in [1.54, 1.807) is 36.5 Å². The minimum absolute atomic E-state index is 0.0608. The summed E-state index contributed by atoms with van der Waals surface area (Å²) in [5.41, 5.74) is 5.34. The van der Waals surface area contributed by atoms with Crippen LogP contribution in [0.2, 0.25) is 0 Å². The van der Waals surface area contributed by atoms with Crippen molar-refractivity contribution >= 4 is 13.8 Å². The van der Waals surface area contributed by atoms with Crippen molar-refractivity contribution in [1.29, 1.82) is 0 Å². The van der Waals surface area contributed by atoms with E-state index in [1.165, 1.54) is 83.3 Å². The fourth-order valence-electron chi connectivity index (χ4n) is 5.17. The highest BCUT2D eigenvalue weighted by Gasteiger charge is 2.24. The summed E-state index contributed by atoms with van der Waals surface area (Å²) >= 11 is 0. The number of carbonyl (C=O) groups is 1. The molecule has 0 aliphatic heterocycles. The molecule has 5 N–H and O–H groups in total. The number of ether oxygens (including phenoxy) is 2. The van der Waals surface area contributed by atoms with E-state index in [2.05, 4.69) is 32.1 Å². The normalized spacial score (nSPS) is 15.4. The summed E-state index contributed by atoms with van der Waals surface area (Å²) in [6.07, 6.45) is 42.2. The Hall–Kier alpha value is -2.30. The highest BCUT2D eigenvalue weighted by Crippen LogP contribution is 2.43. The Morgan fingerprint density at radius 1 is 0.667 bits per heavy atom. The molecule has 54 heavy (non-hydrogen) atoms. The standard InChI is InChI=1S/C43H76NO9P/c1-3-5-7-9-11-12-13-14-15-16-17-18-19-20-24-28-36-50-42(39-53-54(48,49)52-37-35-44)38-51-43(47)34-29-33-41(46)32-27-23-22-26-31-40(45)30-25-21-10-8-6-4-2/h14-15,21-23,25-28,31-32,36,40-42,45-46H,3-13,16-20,24,29-30,33-35,37-39,44H2,1-2H3,(H,48,49)/b15-14-,23-22+,25-21-,31-26+,32-27-,36-28+/t40-,41-,42-/m1/s1. The smallest absolute Gasteiger partial charge is 0.472 e. The Labute approximate surface area is 328 Å². The zero-order valence-electron chi connectivity index (χ0n) is 33.7. The molecule has 0 aromatic carbocycles. The van der Waals surface area contributed by atoms with Gasteiger partial charge in [0.1, 0.15) is 6.61 Å². The van der Waals surface area contributed by atoms with E-state index >= 15 is 0 Å². The predicted molar refractivity (Wildman–Crippen MR) is 222 cm³/mol. The number of allylic oxidation sites excluding steroid dienone is 8. The maximum absolute atomic E-state index is 12.4. The fraction of sp³-hybridized carbons (Fsp3) is 0.698. The van der Waals surface area contributed by atoms with Gasteiger partial charge < -0.3 is 30.3 Å². The number of phosphoric acid groups is 1. The van der Waals surface area contributed by atoms with Gasteiger partial charge in [-0.2, -0.15) is 0 Å². The number of hydrogen-bond acceptors (Lipinski definition) is 9. The van der Waals surface area contributed by atoms with E-state index < -0.39 is 32.1 Å². The highest BCUT2D eigenvalue weighted by molar-refractivity contribution is 7.47. The molecule has 0 aliphatic rings. The third kappa shape index (κ3) is 38.0. The van der Waals surface area contributed by atoms with Crippen molar-refractivity contribution in [2.45, 2.75) is 167 Å². The van der Waals surface area contributed by atoms with Crippen LogP contribution in [0.25, 0.3) is 0 Å². The number of phosphoric ester groups is 1. The molecule has 0 aromatic rings. The summed E-state index contributed by atoms with van der Waals surface area (Å²) in [7, 11) is -4.33. The zero-order valence-corrected chi connectivity index (χ0v) is 34.5. The second kappa shape index (κ2) is 39.0. The lowest BCUT2D eigenvalue weighted by molar-refractivity contribution is -0.147. The number of hydrogen-bond donors (Lipinski definition) is 4. The number of unbranched alkanes of at least 4 members (excludes halogenated alkanes) is 14. The van der Waals surface area contributed by atoms with Gasteiger partial charge in [0.05, 0.1) is 31.7 Å². The molecule has 0 fully saturated rings. The van der Waals surface area contributed by atoms with Gasteiger partial charge in [-0.3, -0.25) is 13.8 Å². The van der Waals surface area contributed by atoms with Gasteiger partial charge in [0.25, 0.3) is 0 Å². The van der Waals surface area contributed by atoms with Crippen molar-refractivity contribution in [3.05, 3.63) is 73.1 Å². The predicted octanol–water partition coefficient (Wildman–Crippen LogP) is 10.3. The third-order valence-corrected chi connectivity index (χ3v) is 9.36. The van der Waals surface area contributed by atoms with Crippen LogP contribution in [-0.2, 0) is 27.9 Å². The van der Waals surface area contributed by atoms with E-state index in [9.17, 15) is 24.5 Å². The molecule has 0 saturated carbocycles. The molecule has 0 saturated heterocycles. The lowest BCUT2D eigenvalue weighted by Gasteiger charge is -2.19. The van der Waals surface area contributed by atoms with Crippen molar-refractivity contribution in [1.82, 2.24) is 0 Å². The molecule has 0 amide bonds. The Morgan fingerprint density at radius 2 is 1.20 bits per heavy atom. The highest BCUT2D eigenvalue weighted by atomic mass is 31.2. The van der Waals surface area contributed by atoms with E-state index in [4.69, 9.17) is 24.3 Å². The van der Waals surface area contributed by atoms with Crippen molar-refractivity contribution in [3.63, 3.8) is 0 Å². The van der Waals surface area contributed by atoms with Crippen molar-refractivity contribution < 1.29 is 43.0 Å². The van der Waals surface area contributed by atoms with Crippen molar-refractivity contribution in [3.8, 4) is 0 Å². The second-order valence-corrected chi connectivity index (χ2v) is 15.1. The Kier molecular flexibility index (Phi) is 37.3.